The first-order valence-electron chi connectivity index (χ1n) is 7.22. The Morgan fingerprint density at radius 2 is 1.96 bits per heavy atom. The zero-order chi connectivity index (χ0) is 16.7. The molecule has 0 aliphatic carbocycles. The number of fused-ring (bicyclic) bond motifs is 1. The van der Waals surface area contributed by atoms with Crippen LogP contribution in [0.5, 0.6) is 0 Å². The number of amides is 4. The van der Waals surface area contributed by atoms with Crippen LogP contribution in [0.3, 0.4) is 0 Å². The van der Waals surface area contributed by atoms with Crippen molar-refractivity contribution in [3.05, 3.63) is 34.6 Å². The van der Waals surface area contributed by atoms with Crippen molar-refractivity contribution in [1.82, 2.24) is 15.5 Å². The number of hydrogen-bond acceptors (Lipinski definition) is 3. The van der Waals surface area contributed by atoms with E-state index >= 15 is 0 Å². The predicted molar refractivity (Wildman–Crippen MR) is 80.1 cm³/mol. The predicted octanol–water partition coefficient (Wildman–Crippen LogP) is 1.45. The first-order chi connectivity index (χ1) is 10.9. The highest BCUT2D eigenvalue weighted by Gasteiger charge is 2.49. The fourth-order valence-corrected chi connectivity index (χ4v) is 3.35. The molecule has 1 aromatic carbocycles. The van der Waals surface area contributed by atoms with Crippen molar-refractivity contribution >= 4 is 29.4 Å². The summed E-state index contributed by atoms with van der Waals surface area (Å²) in [5.74, 6) is -2.06. The van der Waals surface area contributed by atoms with E-state index in [1.54, 1.807) is 6.92 Å². The van der Waals surface area contributed by atoms with Gasteiger partial charge in [0.15, 0.2) is 0 Å². The van der Waals surface area contributed by atoms with Crippen LogP contribution in [0.15, 0.2) is 18.2 Å². The lowest BCUT2D eigenvalue weighted by Gasteiger charge is -2.22. The van der Waals surface area contributed by atoms with Gasteiger partial charge in [0.25, 0.3) is 0 Å². The molecule has 2 heterocycles. The number of urea groups is 1. The maximum absolute atomic E-state index is 13.1. The van der Waals surface area contributed by atoms with Crippen LogP contribution in [0.2, 0.25) is 5.02 Å². The summed E-state index contributed by atoms with van der Waals surface area (Å²) in [7, 11) is 0. The topological polar surface area (TPSA) is 78.5 Å². The number of likely N-dealkylation sites (tertiary alicyclic amines) is 1. The van der Waals surface area contributed by atoms with Crippen LogP contribution in [0.25, 0.3) is 0 Å². The fraction of sp³-hybridized carbons (Fsp3) is 0.400. The van der Waals surface area contributed by atoms with Crippen molar-refractivity contribution in [3.63, 3.8) is 0 Å². The summed E-state index contributed by atoms with van der Waals surface area (Å²) >= 11 is 5.98. The van der Waals surface area contributed by atoms with Crippen LogP contribution in [0.4, 0.5) is 9.18 Å². The second-order valence-electron chi connectivity index (χ2n) is 5.81. The Morgan fingerprint density at radius 1 is 1.35 bits per heavy atom. The van der Waals surface area contributed by atoms with E-state index in [4.69, 9.17) is 11.6 Å². The molecule has 2 N–H and O–H groups in total. The van der Waals surface area contributed by atoms with Crippen molar-refractivity contribution in [2.45, 2.75) is 13.0 Å². The molecule has 0 bridgehead atoms. The summed E-state index contributed by atoms with van der Waals surface area (Å²) in [6.45, 7) is 2.14. The molecule has 2 aliphatic heterocycles. The van der Waals surface area contributed by atoms with Gasteiger partial charge in [-0.15, -0.1) is 0 Å². The van der Waals surface area contributed by atoms with Gasteiger partial charge in [0.1, 0.15) is 5.82 Å². The number of rotatable bonds is 2. The summed E-state index contributed by atoms with van der Waals surface area (Å²) in [4.78, 5) is 37.0. The Bertz CT molecular complexity index is 675. The van der Waals surface area contributed by atoms with Crippen LogP contribution in [-0.4, -0.2) is 35.8 Å². The first-order valence-corrected chi connectivity index (χ1v) is 7.59. The molecule has 2 fully saturated rings. The summed E-state index contributed by atoms with van der Waals surface area (Å²) in [5.41, 5.74) is 0.592. The molecule has 2 saturated heterocycles. The highest BCUT2D eigenvalue weighted by Crippen LogP contribution is 2.29. The Hall–Kier alpha value is -2.15. The zero-order valence-electron chi connectivity index (χ0n) is 12.3. The molecule has 0 aromatic heterocycles. The van der Waals surface area contributed by atoms with Gasteiger partial charge in [-0.25, -0.2) is 9.18 Å². The quantitative estimate of drug-likeness (QED) is 0.801. The van der Waals surface area contributed by atoms with Gasteiger partial charge < -0.3 is 10.2 Å². The molecule has 4 amide bonds. The molecule has 23 heavy (non-hydrogen) atoms. The monoisotopic (exact) mass is 339 g/mol. The molecule has 8 heteroatoms. The minimum absolute atomic E-state index is 0.206. The third kappa shape index (κ3) is 2.88. The van der Waals surface area contributed by atoms with Gasteiger partial charge in [0.05, 0.1) is 17.9 Å². The second-order valence-corrected chi connectivity index (χ2v) is 6.22. The number of nitrogens with zero attached hydrogens (tertiary/aromatic N) is 1. The maximum atomic E-state index is 13.1. The minimum Gasteiger partial charge on any atom is -0.331 e. The van der Waals surface area contributed by atoms with Gasteiger partial charge in [0.2, 0.25) is 11.8 Å². The molecule has 2 aliphatic rings. The molecule has 0 spiro atoms. The Kier molecular flexibility index (Phi) is 3.97. The standard InChI is InChI=1S/C15H15ClFN3O3/c1-7(9-3-2-8(17)4-12(9)16)18-15(23)20-5-10-11(6-20)14(22)19-13(10)21/h2-4,7,10-11H,5-6H2,1H3,(H,18,23)(H,19,21,22)/t7-,10-,11+/m0/s1. The Labute approximate surface area is 137 Å². The highest BCUT2D eigenvalue weighted by atomic mass is 35.5. The molecule has 3 atom stereocenters. The van der Waals surface area contributed by atoms with E-state index in [1.165, 1.54) is 23.1 Å². The van der Waals surface area contributed by atoms with Gasteiger partial charge in [-0.05, 0) is 24.6 Å². The van der Waals surface area contributed by atoms with Gasteiger partial charge in [-0.2, -0.15) is 0 Å². The van der Waals surface area contributed by atoms with Crippen molar-refractivity contribution in [1.29, 1.82) is 0 Å². The highest BCUT2D eigenvalue weighted by molar-refractivity contribution is 6.31. The molecular formula is C15H15ClFN3O3. The SMILES string of the molecule is C[C@H](NC(=O)N1C[C@@H]2C(=O)NC(=O)[C@@H]2C1)c1ccc(F)cc1Cl. The number of carbonyl (C=O) groups is 3. The fourth-order valence-electron chi connectivity index (χ4n) is 3.01. The normalized spacial score (nSPS) is 24.4. The molecule has 6 nitrogen and oxygen atoms in total. The van der Waals surface area contributed by atoms with Crippen molar-refractivity contribution < 1.29 is 18.8 Å². The van der Waals surface area contributed by atoms with E-state index in [-0.39, 0.29) is 36.0 Å². The van der Waals surface area contributed by atoms with Crippen molar-refractivity contribution in [2.24, 2.45) is 11.8 Å². The molecule has 0 saturated carbocycles. The van der Waals surface area contributed by atoms with E-state index in [0.29, 0.717) is 5.56 Å². The van der Waals surface area contributed by atoms with Crippen LogP contribution in [0.1, 0.15) is 18.5 Å². The number of carbonyl (C=O) groups excluding carboxylic acids is 3. The van der Waals surface area contributed by atoms with E-state index in [0.717, 1.165) is 0 Å². The molecule has 1 aromatic rings. The molecular weight excluding hydrogens is 325 g/mol. The van der Waals surface area contributed by atoms with Gasteiger partial charge >= 0.3 is 6.03 Å². The van der Waals surface area contributed by atoms with Gasteiger partial charge in [0, 0.05) is 18.1 Å². The zero-order valence-corrected chi connectivity index (χ0v) is 13.1. The smallest absolute Gasteiger partial charge is 0.317 e. The number of imide groups is 1. The average Bonchev–Trinajstić information content (AvgIpc) is 3.01. The van der Waals surface area contributed by atoms with Crippen LogP contribution in [-0.2, 0) is 9.59 Å². The second kappa shape index (κ2) is 5.81. The van der Waals surface area contributed by atoms with Crippen LogP contribution < -0.4 is 10.6 Å². The van der Waals surface area contributed by atoms with Gasteiger partial charge in [-0.3, -0.25) is 14.9 Å². The Balaban J connectivity index is 1.66. The van der Waals surface area contributed by atoms with E-state index in [1.807, 2.05) is 0 Å². The summed E-state index contributed by atoms with van der Waals surface area (Å²) in [6.07, 6.45) is 0. The Morgan fingerprint density at radius 3 is 2.52 bits per heavy atom. The maximum Gasteiger partial charge on any atom is 0.317 e. The average molecular weight is 340 g/mol. The van der Waals surface area contributed by atoms with Crippen LogP contribution in [0, 0.1) is 17.7 Å². The van der Waals surface area contributed by atoms with E-state index < -0.39 is 23.7 Å². The lowest BCUT2D eigenvalue weighted by Crippen LogP contribution is -2.42. The minimum atomic E-state index is -0.474. The van der Waals surface area contributed by atoms with Gasteiger partial charge in [-0.1, -0.05) is 17.7 Å². The first kappa shape index (κ1) is 15.7. The lowest BCUT2D eigenvalue weighted by atomic mass is 10.00. The number of hydrogen-bond donors (Lipinski definition) is 2. The molecule has 122 valence electrons. The molecule has 3 rings (SSSR count). The summed E-state index contributed by atoms with van der Waals surface area (Å²) in [6, 6.07) is 3.15. The molecule has 0 unspecified atom stereocenters. The van der Waals surface area contributed by atoms with E-state index in [9.17, 15) is 18.8 Å². The largest absolute Gasteiger partial charge is 0.331 e. The summed E-state index contributed by atoms with van der Waals surface area (Å²) < 4.78 is 13.1. The van der Waals surface area contributed by atoms with E-state index in [2.05, 4.69) is 10.6 Å². The molecule has 0 radical (unpaired) electrons. The number of halogens is 2. The third-order valence-electron chi connectivity index (χ3n) is 4.30. The van der Waals surface area contributed by atoms with Crippen molar-refractivity contribution in [2.75, 3.05) is 13.1 Å². The van der Waals surface area contributed by atoms with Crippen LogP contribution >= 0.6 is 11.6 Å². The number of nitrogens with one attached hydrogen (secondary N) is 2. The number of benzene rings is 1. The summed E-state index contributed by atoms with van der Waals surface area (Å²) in [5, 5.41) is 5.25. The third-order valence-corrected chi connectivity index (χ3v) is 4.62. The lowest BCUT2D eigenvalue weighted by molar-refractivity contribution is -0.126. The van der Waals surface area contributed by atoms with Crippen molar-refractivity contribution in [3.8, 4) is 0 Å².